The number of pyridine rings is 2. The summed E-state index contributed by atoms with van der Waals surface area (Å²) in [5.74, 6) is 0.777. The van der Waals surface area contributed by atoms with Crippen molar-refractivity contribution in [3.63, 3.8) is 0 Å². The monoisotopic (exact) mass is 395 g/mol. The molecule has 9 heteroatoms. The van der Waals surface area contributed by atoms with Crippen LogP contribution in [0.25, 0.3) is 0 Å². The molecule has 2 saturated heterocycles. The van der Waals surface area contributed by atoms with Crippen LogP contribution < -0.4 is 26.6 Å². The van der Waals surface area contributed by atoms with Crippen LogP contribution in [0, 0.1) is 0 Å². The topological polar surface area (TPSA) is 125 Å². The van der Waals surface area contributed by atoms with Crippen LogP contribution in [0.15, 0.2) is 30.6 Å². The zero-order valence-electron chi connectivity index (χ0n) is 16.1. The fourth-order valence-corrected chi connectivity index (χ4v) is 3.70. The zero-order valence-corrected chi connectivity index (χ0v) is 16.1. The highest BCUT2D eigenvalue weighted by molar-refractivity contribution is 5.98. The van der Waals surface area contributed by atoms with Crippen LogP contribution in [-0.4, -0.2) is 47.5 Å². The first-order valence-electron chi connectivity index (χ1n) is 9.91. The Morgan fingerprint density at radius 2 is 1.97 bits per heavy atom. The molecule has 0 unspecified atom stereocenters. The van der Waals surface area contributed by atoms with Gasteiger partial charge < -0.3 is 26.6 Å². The van der Waals surface area contributed by atoms with Crippen molar-refractivity contribution in [2.24, 2.45) is 5.73 Å². The lowest BCUT2D eigenvalue weighted by molar-refractivity contribution is -0.117. The summed E-state index contributed by atoms with van der Waals surface area (Å²) in [6, 6.07) is 5.73. The van der Waals surface area contributed by atoms with E-state index < -0.39 is 5.91 Å². The summed E-state index contributed by atoms with van der Waals surface area (Å²) >= 11 is 0. The lowest BCUT2D eigenvalue weighted by Gasteiger charge is -2.25. The van der Waals surface area contributed by atoms with E-state index in [9.17, 15) is 9.59 Å². The van der Waals surface area contributed by atoms with E-state index in [1.54, 1.807) is 17.2 Å². The number of piperidine rings is 1. The molecule has 152 valence electrons. The summed E-state index contributed by atoms with van der Waals surface area (Å²) < 4.78 is 0. The maximum absolute atomic E-state index is 11.9. The Bertz CT molecular complexity index is 894. The van der Waals surface area contributed by atoms with E-state index in [0.717, 1.165) is 44.6 Å². The predicted molar refractivity (Wildman–Crippen MR) is 111 cm³/mol. The van der Waals surface area contributed by atoms with E-state index >= 15 is 0 Å². The zero-order chi connectivity index (χ0) is 20.2. The standard InChI is InChI=1S/C20H25N7O2/c21-20(29)15-12-24-18(10-16(15)25-13-5-7-22-8-6-13)26-17-4-3-14(11-23-17)27-9-1-2-19(27)28/h3-4,10-13,22H,1-2,5-9H2,(H2,21,29)(H2,23,24,25,26). The van der Waals surface area contributed by atoms with Crippen LogP contribution in [0.3, 0.4) is 0 Å². The van der Waals surface area contributed by atoms with Gasteiger partial charge in [0.15, 0.2) is 0 Å². The van der Waals surface area contributed by atoms with Gasteiger partial charge in [0.05, 0.1) is 23.1 Å². The largest absolute Gasteiger partial charge is 0.381 e. The van der Waals surface area contributed by atoms with E-state index in [1.807, 2.05) is 12.1 Å². The summed E-state index contributed by atoms with van der Waals surface area (Å²) in [4.78, 5) is 34.1. The van der Waals surface area contributed by atoms with Crippen molar-refractivity contribution in [1.82, 2.24) is 15.3 Å². The lowest BCUT2D eigenvalue weighted by Crippen LogP contribution is -2.35. The molecule has 2 amide bonds. The Morgan fingerprint density at radius 3 is 2.62 bits per heavy atom. The first-order valence-corrected chi connectivity index (χ1v) is 9.91. The van der Waals surface area contributed by atoms with Crippen LogP contribution >= 0.6 is 0 Å². The molecule has 2 fully saturated rings. The molecule has 5 N–H and O–H groups in total. The highest BCUT2D eigenvalue weighted by Gasteiger charge is 2.22. The van der Waals surface area contributed by atoms with E-state index in [1.165, 1.54) is 6.20 Å². The third kappa shape index (κ3) is 4.45. The Morgan fingerprint density at radius 1 is 1.17 bits per heavy atom. The van der Waals surface area contributed by atoms with Gasteiger partial charge in [-0.1, -0.05) is 0 Å². The summed E-state index contributed by atoms with van der Waals surface area (Å²) in [5.41, 5.74) is 7.34. The van der Waals surface area contributed by atoms with Crippen LogP contribution in [0.2, 0.25) is 0 Å². The van der Waals surface area contributed by atoms with Gasteiger partial charge in [-0.2, -0.15) is 0 Å². The second-order valence-electron chi connectivity index (χ2n) is 7.32. The summed E-state index contributed by atoms with van der Waals surface area (Å²) in [7, 11) is 0. The smallest absolute Gasteiger partial charge is 0.252 e. The third-order valence-corrected chi connectivity index (χ3v) is 5.26. The third-order valence-electron chi connectivity index (χ3n) is 5.26. The van der Waals surface area contributed by atoms with E-state index in [-0.39, 0.29) is 11.9 Å². The van der Waals surface area contributed by atoms with E-state index in [4.69, 9.17) is 5.73 Å². The average Bonchev–Trinajstić information content (AvgIpc) is 3.15. The molecule has 0 radical (unpaired) electrons. The molecule has 4 heterocycles. The number of anilines is 4. The quantitative estimate of drug-likeness (QED) is 0.585. The Labute approximate surface area is 169 Å². The van der Waals surface area contributed by atoms with Gasteiger partial charge in [-0.25, -0.2) is 9.97 Å². The molecular formula is C20H25N7O2. The highest BCUT2D eigenvalue weighted by Crippen LogP contribution is 2.25. The number of aromatic nitrogens is 2. The number of amides is 2. The van der Waals surface area contributed by atoms with Crippen molar-refractivity contribution in [1.29, 1.82) is 0 Å². The molecule has 0 aromatic carbocycles. The molecule has 2 aliphatic heterocycles. The number of rotatable bonds is 6. The molecule has 2 aromatic heterocycles. The van der Waals surface area contributed by atoms with Crippen LogP contribution in [0.1, 0.15) is 36.0 Å². The Hall–Kier alpha value is -3.20. The molecule has 0 aliphatic carbocycles. The molecule has 29 heavy (non-hydrogen) atoms. The van der Waals surface area contributed by atoms with Gasteiger partial charge >= 0.3 is 0 Å². The number of hydrogen-bond donors (Lipinski definition) is 4. The molecule has 0 bridgehead atoms. The summed E-state index contributed by atoms with van der Waals surface area (Å²) in [6.07, 6.45) is 6.57. The van der Waals surface area contributed by atoms with Gasteiger partial charge in [0, 0.05) is 31.3 Å². The van der Waals surface area contributed by atoms with Gasteiger partial charge in [-0.05, 0) is 44.5 Å². The Kier molecular flexibility index (Phi) is 5.57. The Balaban J connectivity index is 1.49. The molecular weight excluding hydrogens is 370 g/mol. The molecule has 0 spiro atoms. The molecule has 0 saturated carbocycles. The first kappa shape index (κ1) is 19.1. The number of carbonyl (C=O) groups excluding carboxylic acids is 2. The number of nitrogens with zero attached hydrogens (tertiary/aromatic N) is 3. The van der Waals surface area contributed by atoms with Gasteiger partial charge in [0.25, 0.3) is 5.91 Å². The maximum atomic E-state index is 11.9. The number of primary amides is 1. The summed E-state index contributed by atoms with van der Waals surface area (Å²) in [6.45, 7) is 2.61. The van der Waals surface area contributed by atoms with Crippen molar-refractivity contribution in [3.8, 4) is 0 Å². The second-order valence-corrected chi connectivity index (χ2v) is 7.32. The summed E-state index contributed by atoms with van der Waals surface area (Å²) in [5, 5.41) is 9.89. The van der Waals surface area contributed by atoms with Gasteiger partial charge in [-0.15, -0.1) is 0 Å². The fourth-order valence-electron chi connectivity index (χ4n) is 3.70. The molecule has 0 atom stereocenters. The van der Waals surface area contributed by atoms with Crippen LogP contribution in [0.5, 0.6) is 0 Å². The number of hydrogen-bond acceptors (Lipinski definition) is 7. The van der Waals surface area contributed by atoms with Gasteiger partial charge in [0.1, 0.15) is 11.6 Å². The minimum Gasteiger partial charge on any atom is -0.381 e. The van der Waals surface area contributed by atoms with Crippen molar-refractivity contribution < 1.29 is 9.59 Å². The number of nitrogens with one attached hydrogen (secondary N) is 3. The average molecular weight is 395 g/mol. The second kappa shape index (κ2) is 8.44. The molecule has 9 nitrogen and oxygen atoms in total. The van der Waals surface area contributed by atoms with Crippen molar-refractivity contribution in [3.05, 3.63) is 36.2 Å². The molecule has 2 aliphatic rings. The molecule has 2 aromatic rings. The normalized spacial score (nSPS) is 17.4. The minimum absolute atomic E-state index is 0.129. The highest BCUT2D eigenvalue weighted by atomic mass is 16.2. The van der Waals surface area contributed by atoms with Crippen LogP contribution in [0.4, 0.5) is 23.0 Å². The van der Waals surface area contributed by atoms with E-state index in [2.05, 4.69) is 25.9 Å². The van der Waals surface area contributed by atoms with Gasteiger partial charge in [-0.3, -0.25) is 9.59 Å². The lowest BCUT2D eigenvalue weighted by atomic mass is 10.1. The predicted octanol–water partition coefficient (Wildman–Crippen LogP) is 1.61. The van der Waals surface area contributed by atoms with Crippen LogP contribution in [-0.2, 0) is 4.79 Å². The van der Waals surface area contributed by atoms with E-state index in [0.29, 0.717) is 29.3 Å². The first-order chi connectivity index (χ1) is 14.1. The SMILES string of the molecule is NC(=O)c1cnc(Nc2ccc(N3CCCC3=O)cn2)cc1NC1CCNCC1. The number of nitrogens with two attached hydrogens (primary N) is 1. The van der Waals surface area contributed by atoms with Crippen molar-refractivity contribution >= 4 is 34.8 Å². The maximum Gasteiger partial charge on any atom is 0.252 e. The number of carbonyl (C=O) groups is 2. The van der Waals surface area contributed by atoms with Gasteiger partial charge in [0.2, 0.25) is 5.91 Å². The van der Waals surface area contributed by atoms with Crippen molar-refractivity contribution in [2.75, 3.05) is 35.2 Å². The minimum atomic E-state index is -0.516. The van der Waals surface area contributed by atoms with Crippen molar-refractivity contribution in [2.45, 2.75) is 31.7 Å². The fraction of sp³-hybridized carbons (Fsp3) is 0.400. The molecule has 4 rings (SSSR count).